The van der Waals surface area contributed by atoms with Gasteiger partial charge in [-0.15, -0.1) is 0 Å². The molecule has 2 nitrogen and oxygen atoms in total. The highest BCUT2D eigenvalue weighted by Gasteiger charge is 2.26. The van der Waals surface area contributed by atoms with Crippen LogP contribution in [0.1, 0.15) is 20.3 Å². The molecule has 1 aliphatic heterocycles. The number of carbonyl (C=O) groups excluding carboxylic acids is 1. The van der Waals surface area contributed by atoms with Gasteiger partial charge in [-0.05, 0) is 6.92 Å². The molecule has 0 aromatic heterocycles. The first-order valence-corrected chi connectivity index (χ1v) is 2.89. The topological polar surface area (TPSA) is 26.3 Å². The van der Waals surface area contributed by atoms with Crippen LogP contribution in [-0.4, -0.2) is 12.1 Å². The summed E-state index contributed by atoms with van der Waals surface area (Å²) >= 11 is 0. The number of hydrogen-bond donors (Lipinski definition) is 0. The molecule has 2 heteroatoms. The lowest BCUT2D eigenvalue weighted by atomic mass is 10.1. The molecule has 0 saturated carbocycles. The van der Waals surface area contributed by atoms with Gasteiger partial charge in [0.1, 0.15) is 6.10 Å². The van der Waals surface area contributed by atoms with E-state index in [1.54, 1.807) is 0 Å². The Balaban J connectivity index is 2.51. The van der Waals surface area contributed by atoms with E-state index in [9.17, 15) is 4.79 Å². The van der Waals surface area contributed by atoms with Gasteiger partial charge in [-0.1, -0.05) is 6.92 Å². The number of cyclic esters (lactones) is 1. The third kappa shape index (κ3) is 0.831. The summed E-state index contributed by atoms with van der Waals surface area (Å²) in [6, 6.07) is 0. The smallest absolute Gasteiger partial charge is 0.306 e. The highest BCUT2D eigenvalue weighted by atomic mass is 16.5. The molecule has 1 saturated heterocycles. The van der Waals surface area contributed by atoms with Crippen LogP contribution in [0.2, 0.25) is 0 Å². The Labute approximate surface area is 48.8 Å². The molecule has 1 aliphatic rings. The third-order valence-corrected chi connectivity index (χ3v) is 1.61. The fraction of sp³-hybridized carbons (Fsp3) is 0.833. The van der Waals surface area contributed by atoms with Gasteiger partial charge in [-0.25, -0.2) is 0 Å². The molecule has 1 rings (SSSR count). The molecule has 1 heterocycles. The molecular weight excluding hydrogens is 104 g/mol. The van der Waals surface area contributed by atoms with Crippen molar-refractivity contribution in [2.45, 2.75) is 26.4 Å². The molecule has 0 aromatic rings. The van der Waals surface area contributed by atoms with E-state index >= 15 is 0 Å². The van der Waals surface area contributed by atoms with Crippen molar-refractivity contribution in [3.8, 4) is 0 Å². The maximum absolute atomic E-state index is 10.4. The van der Waals surface area contributed by atoms with Gasteiger partial charge >= 0.3 is 5.97 Å². The van der Waals surface area contributed by atoms with Crippen molar-refractivity contribution in [2.75, 3.05) is 0 Å². The van der Waals surface area contributed by atoms with E-state index in [1.165, 1.54) is 0 Å². The molecule has 0 aromatic carbocycles. The second-order valence-corrected chi connectivity index (χ2v) is 2.38. The molecule has 0 radical (unpaired) electrons. The van der Waals surface area contributed by atoms with Crippen molar-refractivity contribution in [1.82, 2.24) is 0 Å². The zero-order valence-electron chi connectivity index (χ0n) is 5.18. The summed E-state index contributed by atoms with van der Waals surface area (Å²) < 4.78 is 4.83. The average Bonchev–Trinajstić information content (AvgIpc) is 1.85. The van der Waals surface area contributed by atoms with Gasteiger partial charge in [-0.3, -0.25) is 4.79 Å². The van der Waals surface area contributed by atoms with Crippen molar-refractivity contribution >= 4 is 5.97 Å². The lowest BCUT2D eigenvalue weighted by molar-refractivity contribution is -0.140. The Kier molecular flexibility index (Phi) is 1.24. The van der Waals surface area contributed by atoms with Crippen molar-refractivity contribution in [2.24, 2.45) is 5.92 Å². The van der Waals surface area contributed by atoms with E-state index in [0.717, 1.165) is 0 Å². The van der Waals surface area contributed by atoms with Crippen LogP contribution in [0.3, 0.4) is 0 Å². The van der Waals surface area contributed by atoms with Crippen LogP contribution in [0.25, 0.3) is 0 Å². The van der Waals surface area contributed by atoms with E-state index in [1.807, 2.05) is 13.8 Å². The van der Waals surface area contributed by atoms with Gasteiger partial charge in [0.15, 0.2) is 0 Å². The molecular formula is C6H10O2. The predicted octanol–water partition coefficient (Wildman–Crippen LogP) is 0.958. The van der Waals surface area contributed by atoms with Crippen molar-refractivity contribution in [1.29, 1.82) is 0 Å². The van der Waals surface area contributed by atoms with E-state index in [2.05, 4.69) is 0 Å². The molecule has 0 spiro atoms. The van der Waals surface area contributed by atoms with Crippen LogP contribution in [0.15, 0.2) is 0 Å². The van der Waals surface area contributed by atoms with E-state index < -0.39 is 0 Å². The Bertz CT molecular complexity index is 97.1. The minimum absolute atomic E-state index is 0.0509. The number of rotatable bonds is 0. The fourth-order valence-corrected chi connectivity index (χ4v) is 0.800. The van der Waals surface area contributed by atoms with Crippen LogP contribution < -0.4 is 0 Å². The zero-order chi connectivity index (χ0) is 6.15. The molecule has 0 N–H and O–H groups in total. The zero-order valence-corrected chi connectivity index (χ0v) is 5.18. The first kappa shape index (κ1) is 5.60. The Morgan fingerprint density at radius 3 is 2.38 bits per heavy atom. The third-order valence-electron chi connectivity index (χ3n) is 1.61. The largest absolute Gasteiger partial charge is 0.462 e. The van der Waals surface area contributed by atoms with Crippen molar-refractivity contribution < 1.29 is 9.53 Å². The maximum atomic E-state index is 10.4. The molecule has 0 bridgehead atoms. The molecule has 46 valence electrons. The molecule has 2 atom stereocenters. The molecule has 1 fully saturated rings. The molecule has 0 unspecified atom stereocenters. The first-order chi connectivity index (χ1) is 3.70. The molecule has 8 heavy (non-hydrogen) atoms. The quantitative estimate of drug-likeness (QED) is 0.438. The second-order valence-electron chi connectivity index (χ2n) is 2.38. The SMILES string of the molecule is C[C@@H]1CC(=O)O[C@@H]1C. The van der Waals surface area contributed by atoms with Crippen molar-refractivity contribution in [3.05, 3.63) is 0 Å². The van der Waals surface area contributed by atoms with E-state index in [0.29, 0.717) is 12.3 Å². The Morgan fingerprint density at radius 2 is 2.25 bits per heavy atom. The minimum atomic E-state index is -0.0509. The summed E-state index contributed by atoms with van der Waals surface area (Å²) in [4.78, 5) is 10.4. The maximum Gasteiger partial charge on any atom is 0.306 e. The fourth-order valence-electron chi connectivity index (χ4n) is 0.800. The molecule has 0 aliphatic carbocycles. The van der Waals surface area contributed by atoms with E-state index in [4.69, 9.17) is 4.74 Å². The summed E-state index contributed by atoms with van der Waals surface area (Å²) in [5.41, 5.74) is 0. The van der Waals surface area contributed by atoms with Crippen LogP contribution in [-0.2, 0) is 9.53 Å². The van der Waals surface area contributed by atoms with Crippen LogP contribution in [0, 0.1) is 5.92 Å². The highest BCUT2D eigenvalue weighted by molar-refractivity contribution is 5.71. The second kappa shape index (κ2) is 1.77. The number of ether oxygens (including phenoxy) is 1. The Hall–Kier alpha value is -0.530. The summed E-state index contributed by atoms with van der Waals surface area (Å²) in [5, 5.41) is 0. The number of hydrogen-bond acceptors (Lipinski definition) is 2. The van der Waals surface area contributed by atoms with Gasteiger partial charge in [0, 0.05) is 5.92 Å². The lowest BCUT2D eigenvalue weighted by Gasteiger charge is -2.03. The summed E-state index contributed by atoms with van der Waals surface area (Å²) in [5.74, 6) is 0.368. The standard InChI is InChI=1S/C6H10O2/c1-4-3-6(7)8-5(4)2/h4-5H,3H2,1-2H3/t4-,5-/m1/s1. The van der Waals surface area contributed by atoms with Crippen molar-refractivity contribution in [3.63, 3.8) is 0 Å². The normalized spacial score (nSPS) is 37.5. The van der Waals surface area contributed by atoms with Crippen LogP contribution in [0.4, 0.5) is 0 Å². The van der Waals surface area contributed by atoms with Gasteiger partial charge < -0.3 is 4.74 Å². The number of carbonyl (C=O) groups is 1. The summed E-state index contributed by atoms with van der Waals surface area (Å²) in [6.45, 7) is 3.95. The average molecular weight is 114 g/mol. The van der Waals surface area contributed by atoms with Gasteiger partial charge in [0.05, 0.1) is 6.42 Å². The summed E-state index contributed by atoms with van der Waals surface area (Å²) in [6.07, 6.45) is 0.740. The van der Waals surface area contributed by atoms with Gasteiger partial charge in [0.2, 0.25) is 0 Å². The van der Waals surface area contributed by atoms with Crippen LogP contribution >= 0.6 is 0 Å². The number of esters is 1. The minimum Gasteiger partial charge on any atom is -0.462 e. The van der Waals surface area contributed by atoms with Gasteiger partial charge in [0.25, 0.3) is 0 Å². The van der Waals surface area contributed by atoms with Gasteiger partial charge in [-0.2, -0.15) is 0 Å². The van der Waals surface area contributed by atoms with Crippen LogP contribution in [0.5, 0.6) is 0 Å². The monoisotopic (exact) mass is 114 g/mol. The predicted molar refractivity (Wildman–Crippen MR) is 29.3 cm³/mol. The molecule has 0 amide bonds. The lowest BCUT2D eigenvalue weighted by Crippen LogP contribution is -2.06. The summed E-state index contributed by atoms with van der Waals surface area (Å²) in [7, 11) is 0. The Morgan fingerprint density at radius 1 is 1.62 bits per heavy atom. The van der Waals surface area contributed by atoms with E-state index in [-0.39, 0.29) is 12.1 Å². The first-order valence-electron chi connectivity index (χ1n) is 2.89. The highest BCUT2D eigenvalue weighted by Crippen LogP contribution is 2.19.